The Labute approximate surface area is 172 Å². The standard InChI is InChI=1S/C22H21F3N2OS/c1-14(2)19-12-20(28-18-9-7-15(3)8-10-18)27-21(26-19)29-13-16-5-4-6-17(11-16)22(23,24)25/h4-12,14H,13H2,1-3H3. The summed E-state index contributed by atoms with van der Waals surface area (Å²) in [7, 11) is 0. The number of aromatic nitrogens is 2. The first-order valence-electron chi connectivity index (χ1n) is 9.13. The van der Waals surface area contributed by atoms with Gasteiger partial charge in [0.25, 0.3) is 0 Å². The van der Waals surface area contributed by atoms with Crippen LogP contribution >= 0.6 is 11.8 Å². The van der Waals surface area contributed by atoms with Gasteiger partial charge in [-0.1, -0.05) is 61.5 Å². The van der Waals surface area contributed by atoms with Crippen molar-refractivity contribution in [3.8, 4) is 11.6 Å². The summed E-state index contributed by atoms with van der Waals surface area (Å²) in [6.07, 6.45) is -4.36. The van der Waals surface area contributed by atoms with Crippen LogP contribution in [0.25, 0.3) is 0 Å². The molecule has 0 amide bonds. The molecule has 0 N–H and O–H groups in total. The van der Waals surface area contributed by atoms with Crippen molar-refractivity contribution in [2.24, 2.45) is 0 Å². The number of alkyl halides is 3. The molecular weight excluding hydrogens is 397 g/mol. The van der Waals surface area contributed by atoms with Gasteiger partial charge in [-0.15, -0.1) is 0 Å². The van der Waals surface area contributed by atoms with Gasteiger partial charge in [0.05, 0.1) is 11.3 Å². The van der Waals surface area contributed by atoms with Gasteiger partial charge in [-0.2, -0.15) is 18.2 Å². The van der Waals surface area contributed by atoms with Crippen LogP contribution in [-0.2, 0) is 11.9 Å². The maximum Gasteiger partial charge on any atom is 0.416 e. The molecule has 3 rings (SSSR count). The Morgan fingerprint density at radius 1 is 1.00 bits per heavy atom. The van der Waals surface area contributed by atoms with E-state index in [0.717, 1.165) is 23.4 Å². The first-order chi connectivity index (χ1) is 13.7. The number of thioether (sulfide) groups is 1. The lowest BCUT2D eigenvalue weighted by molar-refractivity contribution is -0.137. The van der Waals surface area contributed by atoms with E-state index in [0.29, 0.717) is 28.1 Å². The normalized spacial score (nSPS) is 11.7. The summed E-state index contributed by atoms with van der Waals surface area (Å²) in [6, 6.07) is 14.7. The summed E-state index contributed by atoms with van der Waals surface area (Å²) in [5.41, 5.74) is 1.84. The monoisotopic (exact) mass is 418 g/mol. The van der Waals surface area contributed by atoms with Gasteiger partial charge in [0.15, 0.2) is 5.16 Å². The molecule has 29 heavy (non-hydrogen) atoms. The zero-order chi connectivity index (χ0) is 21.0. The molecular formula is C22H21F3N2OS. The molecule has 0 aliphatic carbocycles. The molecule has 0 unspecified atom stereocenters. The molecule has 0 saturated heterocycles. The summed E-state index contributed by atoms with van der Waals surface area (Å²) in [6.45, 7) is 6.02. The van der Waals surface area contributed by atoms with Crippen molar-refractivity contribution in [2.45, 2.75) is 43.8 Å². The van der Waals surface area contributed by atoms with E-state index < -0.39 is 11.7 Å². The number of ether oxygens (including phenoxy) is 1. The summed E-state index contributed by atoms with van der Waals surface area (Å²) in [4.78, 5) is 8.95. The predicted molar refractivity (Wildman–Crippen MR) is 108 cm³/mol. The molecule has 0 radical (unpaired) electrons. The molecule has 0 spiro atoms. The van der Waals surface area contributed by atoms with Gasteiger partial charge < -0.3 is 4.74 Å². The number of nitrogens with zero attached hydrogens (tertiary/aromatic N) is 2. The lowest BCUT2D eigenvalue weighted by Gasteiger charge is -2.12. The van der Waals surface area contributed by atoms with Gasteiger partial charge in [-0.3, -0.25) is 0 Å². The fourth-order valence-corrected chi connectivity index (χ4v) is 3.35. The van der Waals surface area contributed by atoms with Crippen LogP contribution in [0.1, 0.15) is 42.1 Å². The minimum absolute atomic E-state index is 0.159. The van der Waals surface area contributed by atoms with E-state index >= 15 is 0 Å². The smallest absolute Gasteiger partial charge is 0.416 e. The van der Waals surface area contributed by atoms with Crippen molar-refractivity contribution in [3.63, 3.8) is 0 Å². The van der Waals surface area contributed by atoms with Crippen molar-refractivity contribution >= 4 is 11.8 Å². The van der Waals surface area contributed by atoms with Crippen LogP contribution in [0.3, 0.4) is 0 Å². The SMILES string of the molecule is Cc1ccc(Oc2cc(C(C)C)nc(SCc3cccc(C(F)(F)F)c3)n2)cc1. The molecule has 2 aromatic carbocycles. The number of aryl methyl sites for hydroxylation is 1. The van der Waals surface area contributed by atoms with Crippen LogP contribution in [0, 0.1) is 6.92 Å². The fraction of sp³-hybridized carbons (Fsp3) is 0.273. The van der Waals surface area contributed by atoms with Gasteiger partial charge in [0, 0.05) is 11.8 Å². The maximum atomic E-state index is 12.9. The number of rotatable bonds is 6. The molecule has 152 valence electrons. The van der Waals surface area contributed by atoms with Crippen LogP contribution in [0.5, 0.6) is 11.6 Å². The lowest BCUT2D eigenvalue weighted by atomic mass is 10.1. The van der Waals surface area contributed by atoms with Crippen molar-refractivity contribution in [1.82, 2.24) is 9.97 Å². The number of hydrogen-bond acceptors (Lipinski definition) is 4. The fourth-order valence-electron chi connectivity index (χ4n) is 2.55. The first-order valence-corrected chi connectivity index (χ1v) is 10.1. The third kappa shape index (κ3) is 5.97. The average molecular weight is 418 g/mol. The van der Waals surface area contributed by atoms with Gasteiger partial charge in [0.2, 0.25) is 5.88 Å². The molecule has 0 fully saturated rings. The molecule has 0 aliphatic rings. The third-order valence-electron chi connectivity index (χ3n) is 4.16. The van der Waals surface area contributed by atoms with E-state index in [9.17, 15) is 13.2 Å². The molecule has 1 aromatic heterocycles. The van der Waals surface area contributed by atoms with Gasteiger partial charge in [-0.25, -0.2) is 4.98 Å². The zero-order valence-electron chi connectivity index (χ0n) is 16.3. The predicted octanol–water partition coefficient (Wildman–Crippen LogP) is 7.01. The van der Waals surface area contributed by atoms with Crippen LogP contribution < -0.4 is 4.74 Å². The van der Waals surface area contributed by atoms with Gasteiger partial charge in [0.1, 0.15) is 5.75 Å². The largest absolute Gasteiger partial charge is 0.439 e. The summed E-state index contributed by atoms with van der Waals surface area (Å²) in [5, 5.41) is 0.468. The molecule has 1 heterocycles. The second kappa shape index (κ2) is 8.86. The Hall–Kier alpha value is -2.54. The Kier molecular flexibility index (Phi) is 6.47. The molecule has 3 aromatic rings. The van der Waals surface area contributed by atoms with Crippen LogP contribution in [0.4, 0.5) is 13.2 Å². The van der Waals surface area contributed by atoms with Gasteiger partial charge in [-0.05, 0) is 36.6 Å². The minimum atomic E-state index is -4.36. The van der Waals surface area contributed by atoms with E-state index in [1.165, 1.54) is 17.8 Å². The van der Waals surface area contributed by atoms with E-state index in [1.54, 1.807) is 12.1 Å². The molecule has 0 saturated carbocycles. The van der Waals surface area contributed by atoms with E-state index in [4.69, 9.17) is 4.74 Å². The minimum Gasteiger partial charge on any atom is -0.439 e. The second-order valence-corrected chi connectivity index (χ2v) is 7.91. The van der Waals surface area contributed by atoms with Gasteiger partial charge >= 0.3 is 6.18 Å². The van der Waals surface area contributed by atoms with E-state index in [1.807, 2.05) is 45.0 Å². The van der Waals surface area contributed by atoms with Crippen molar-refractivity contribution in [3.05, 3.63) is 77.0 Å². The number of halogens is 3. The highest BCUT2D eigenvalue weighted by Gasteiger charge is 2.30. The Morgan fingerprint density at radius 3 is 2.38 bits per heavy atom. The second-order valence-electron chi connectivity index (χ2n) is 6.97. The Balaban J connectivity index is 1.79. The summed E-state index contributed by atoms with van der Waals surface area (Å²) >= 11 is 1.28. The highest BCUT2D eigenvalue weighted by Crippen LogP contribution is 2.32. The third-order valence-corrected chi connectivity index (χ3v) is 5.08. The maximum absolute atomic E-state index is 12.9. The van der Waals surface area contributed by atoms with Crippen molar-refractivity contribution < 1.29 is 17.9 Å². The Bertz CT molecular complexity index is 973. The first kappa shape index (κ1) is 21.2. The Morgan fingerprint density at radius 2 is 1.72 bits per heavy atom. The number of hydrogen-bond donors (Lipinski definition) is 0. The topological polar surface area (TPSA) is 35.0 Å². The highest BCUT2D eigenvalue weighted by atomic mass is 32.2. The molecule has 0 atom stereocenters. The molecule has 0 bridgehead atoms. The van der Waals surface area contributed by atoms with E-state index in [2.05, 4.69) is 9.97 Å². The zero-order valence-corrected chi connectivity index (χ0v) is 17.1. The molecule has 3 nitrogen and oxygen atoms in total. The van der Waals surface area contributed by atoms with Crippen LogP contribution in [-0.4, -0.2) is 9.97 Å². The lowest BCUT2D eigenvalue weighted by Crippen LogP contribution is -2.05. The van der Waals surface area contributed by atoms with Crippen LogP contribution in [0.2, 0.25) is 0 Å². The summed E-state index contributed by atoms with van der Waals surface area (Å²) < 4.78 is 44.6. The molecule has 7 heteroatoms. The molecule has 0 aliphatic heterocycles. The highest BCUT2D eigenvalue weighted by molar-refractivity contribution is 7.98. The van der Waals surface area contributed by atoms with Crippen molar-refractivity contribution in [2.75, 3.05) is 0 Å². The van der Waals surface area contributed by atoms with Crippen LogP contribution in [0.15, 0.2) is 59.8 Å². The number of benzene rings is 2. The van der Waals surface area contributed by atoms with E-state index in [-0.39, 0.29) is 5.92 Å². The quantitative estimate of drug-likeness (QED) is 0.318. The van der Waals surface area contributed by atoms with Crippen molar-refractivity contribution in [1.29, 1.82) is 0 Å². The average Bonchev–Trinajstić information content (AvgIpc) is 2.67. The summed E-state index contributed by atoms with van der Waals surface area (Å²) in [5.74, 6) is 1.57.